The van der Waals surface area contributed by atoms with Crippen molar-refractivity contribution in [2.75, 3.05) is 40.5 Å². The topological polar surface area (TPSA) is 178 Å². The van der Waals surface area contributed by atoms with Crippen LogP contribution in [0.15, 0.2) is 58.9 Å². The van der Waals surface area contributed by atoms with Gasteiger partial charge < -0.3 is 39.4 Å². The van der Waals surface area contributed by atoms with Gasteiger partial charge in [-0.3, -0.25) is 24.1 Å². The summed E-state index contributed by atoms with van der Waals surface area (Å²) < 4.78 is 58.3. The molecule has 2 N–H and O–H groups in total. The summed E-state index contributed by atoms with van der Waals surface area (Å²) in [7, 11) is 2.55. The maximum atomic E-state index is 17.5. The molecule has 5 atom stereocenters. The molecule has 3 saturated heterocycles. The number of rotatable bonds is 12. The average molecular weight is 1010 g/mol. The van der Waals surface area contributed by atoms with E-state index in [0.29, 0.717) is 80.8 Å². The third kappa shape index (κ3) is 8.75. The molecule has 72 heavy (non-hydrogen) atoms. The van der Waals surface area contributed by atoms with Gasteiger partial charge in [0.1, 0.15) is 23.7 Å². The lowest BCUT2D eigenvalue weighted by molar-refractivity contribution is -0.135. The van der Waals surface area contributed by atoms with E-state index in [1.54, 1.807) is 40.2 Å². The highest BCUT2D eigenvalue weighted by atomic mass is 32.1. The minimum absolute atomic E-state index is 0.0137. The number of halogens is 2. The fraction of sp³-hybridized carbons (Fsp3) is 0.491. The highest BCUT2D eigenvalue weighted by molar-refractivity contribution is 7.11. The quantitative estimate of drug-likeness (QED) is 0.140. The molecule has 6 aliphatic heterocycles. The Bertz CT molecular complexity index is 2990. The smallest absolute Gasteiger partial charge is 0.407 e. The second kappa shape index (κ2) is 19.5. The molecule has 19 heteroatoms. The molecule has 2 aromatic carbocycles. The number of nitrogens with one attached hydrogen (secondary N) is 2. The van der Waals surface area contributed by atoms with E-state index in [2.05, 4.69) is 10.6 Å². The number of fused-ring (bicyclic) bond motifs is 5. The third-order valence-electron chi connectivity index (χ3n) is 15.4. The molecular formula is C53H58F2N8O8S. The van der Waals surface area contributed by atoms with Crippen LogP contribution < -0.4 is 15.4 Å². The first-order chi connectivity index (χ1) is 34.9. The molecule has 11 rings (SSSR count). The summed E-state index contributed by atoms with van der Waals surface area (Å²) in [6.45, 7) is 5.81. The van der Waals surface area contributed by atoms with Crippen molar-refractivity contribution in [2.24, 2.45) is 21.8 Å². The summed E-state index contributed by atoms with van der Waals surface area (Å²) >= 11 is 1.53. The summed E-state index contributed by atoms with van der Waals surface area (Å²) in [4.78, 5) is 71.5. The molecule has 4 amide bonds. The fourth-order valence-corrected chi connectivity index (χ4v) is 12.5. The Kier molecular flexibility index (Phi) is 13.0. The lowest BCUT2D eigenvalue weighted by atomic mass is 9.90. The van der Waals surface area contributed by atoms with Gasteiger partial charge in [0.15, 0.2) is 5.82 Å². The zero-order valence-corrected chi connectivity index (χ0v) is 41.6. The number of likely N-dealkylation sites (tertiary alicyclic amines) is 2. The summed E-state index contributed by atoms with van der Waals surface area (Å²) in [5.41, 5.74) is 5.09. The Balaban J connectivity index is 0.865. The first kappa shape index (κ1) is 47.8. The van der Waals surface area contributed by atoms with Gasteiger partial charge in [-0.1, -0.05) is 19.9 Å². The van der Waals surface area contributed by atoms with Crippen molar-refractivity contribution in [1.29, 1.82) is 0 Å². The lowest BCUT2D eigenvalue weighted by Crippen LogP contribution is -2.55. The SMILES string of the molecule is COC(=O)N[C@H](C(=O)N1CCC[C@H]1C1=NC=C(c2cc(F)c3c(c2)OC(c2cnc(C4CC4)s2)n2c-3c(F)c3cc(C4=CN=C([C@@H]5CCCN5C(=O)[C@@H](NC(=O)OC)C5CCOCC5)C4)ccc32)C1)C(C)C. The van der Waals surface area contributed by atoms with Gasteiger partial charge in [0.25, 0.3) is 0 Å². The van der Waals surface area contributed by atoms with E-state index in [9.17, 15) is 19.2 Å². The lowest BCUT2D eigenvalue weighted by Gasteiger charge is -2.34. The first-order valence-electron chi connectivity index (χ1n) is 25.1. The maximum Gasteiger partial charge on any atom is 0.407 e. The largest absolute Gasteiger partial charge is 0.464 e. The predicted octanol–water partition coefficient (Wildman–Crippen LogP) is 8.74. The van der Waals surface area contributed by atoms with E-state index >= 15 is 8.78 Å². The van der Waals surface area contributed by atoms with E-state index in [-0.39, 0.29) is 52.7 Å². The highest BCUT2D eigenvalue weighted by Gasteiger charge is 2.43. The number of thiazole rings is 1. The van der Waals surface area contributed by atoms with Crippen molar-refractivity contribution in [3.63, 3.8) is 0 Å². The second-order valence-electron chi connectivity index (χ2n) is 20.1. The molecule has 7 aliphatic rings. The van der Waals surface area contributed by atoms with E-state index < -0.39 is 42.1 Å². The van der Waals surface area contributed by atoms with Crippen LogP contribution in [0.1, 0.15) is 111 Å². The van der Waals surface area contributed by atoms with Crippen LogP contribution in [0, 0.1) is 23.5 Å². The zero-order chi connectivity index (χ0) is 49.9. The molecule has 4 aromatic rings. The summed E-state index contributed by atoms with van der Waals surface area (Å²) in [5, 5.41) is 6.79. The summed E-state index contributed by atoms with van der Waals surface area (Å²) in [6, 6.07) is 6.64. The third-order valence-corrected chi connectivity index (χ3v) is 16.6. The van der Waals surface area contributed by atoms with Crippen LogP contribution in [0.3, 0.4) is 0 Å². The number of alkyl carbamates (subject to hydrolysis) is 2. The second-order valence-corrected chi connectivity index (χ2v) is 21.2. The molecule has 0 radical (unpaired) electrons. The van der Waals surface area contributed by atoms with Crippen molar-refractivity contribution in [3.05, 3.63) is 81.6 Å². The van der Waals surface area contributed by atoms with Gasteiger partial charge in [-0.05, 0) is 110 Å². The van der Waals surface area contributed by atoms with Crippen molar-refractivity contribution in [3.8, 4) is 17.0 Å². The molecule has 1 saturated carbocycles. The number of nitrogens with zero attached hydrogens (tertiary/aromatic N) is 6. The number of ether oxygens (including phenoxy) is 4. The van der Waals surface area contributed by atoms with E-state index in [1.165, 1.54) is 31.6 Å². The number of carbonyl (C=O) groups excluding carboxylic acids is 4. The van der Waals surface area contributed by atoms with Crippen molar-refractivity contribution < 1.29 is 46.9 Å². The van der Waals surface area contributed by atoms with Crippen LogP contribution >= 0.6 is 11.3 Å². The van der Waals surface area contributed by atoms with Gasteiger partial charge in [0.2, 0.25) is 18.0 Å². The number of methoxy groups -OCH3 is 2. The van der Waals surface area contributed by atoms with Crippen LogP contribution in [0.5, 0.6) is 5.75 Å². The Morgan fingerprint density at radius 2 is 1.46 bits per heavy atom. The van der Waals surface area contributed by atoms with Gasteiger partial charge in [-0.15, -0.1) is 11.3 Å². The van der Waals surface area contributed by atoms with E-state index in [1.807, 2.05) is 30.9 Å². The molecule has 1 unspecified atom stereocenters. The van der Waals surface area contributed by atoms with Gasteiger partial charge in [0, 0.05) is 80.5 Å². The van der Waals surface area contributed by atoms with Crippen LogP contribution in [0.4, 0.5) is 18.4 Å². The normalized spacial score (nSPS) is 22.7. The van der Waals surface area contributed by atoms with Gasteiger partial charge >= 0.3 is 12.2 Å². The molecule has 2 aromatic heterocycles. The Labute approximate surface area is 419 Å². The number of hydrogen-bond donors (Lipinski definition) is 2. The number of carbonyl (C=O) groups is 4. The first-order valence-corrected chi connectivity index (χ1v) is 25.9. The number of aromatic nitrogens is 2. The number of amides is 4. The molecule has 8 heterocycles. The average Bonchev–Trinajstić information content (AvgIpc) is 4.10. The molecule has 0 bridgehead atoms. The minimum atomic E-state index is -0.843. The minimum Gasteiger partial charge on any atom is -0.464 e. The number of aliphatic imine (C=N–C) groups is 2. The molecular weight excluding hydrogens is 947 g/mol. The fourth-order valence-electron chi connectivity index (χ4n) is 11.4. The number of benzene rings is 2. The Morgan fingerprint density at radius 3 is 2.11 bits per heavy atom. The number of allylic oxidation sites excluding steroid dienone is 2. The van der Waals surface area contributed by atoms with Crippen LogP contribution in [-0.4, -0.2) is 119 Å². The standard InChI is InChI=1S/C53H58F2N8O8S/c1-27(2)45(59-52(66)68-3)49(64)61-15-5-7-39(61)37-22-33(25-57-37)31-20-35(54)43-41(23-31)71-51(42-26-58-48(72-42)29-9-10-29)63-38-12-11-30(19-34(38)44(55)47(43)63)32-21-36(56-24-32)40-8-6-16-62(40)50(65)46(60-53(67)69-4)28-13-17-70-18-14-28/h11-12,19-20,23-29,39-40,45-46,51H,5-10,13-18,21-22H2,1-4H3,(H,59,66)(H,60,67)/t39-,40-,45-,46-,51?/m0/s1. The van der Waals surface area contributed by atoms with Crippen LogP contribution in [0.2, 0.25) is 0 Å². The highest BCUT2D eigenvalue weighted by Crippen LogP contribution is 2.51. The molecule has 4 fully saturated rings. The van der Waals surface area contributed by atoms with E-state index in [0.717, 1.165) is 70.1 Å². The summed E-state index contributed by atoms with van der Waals surface area (Å²) in [5.74, 6) is -1.30. The molecule has 378 valence electrons. The zero-order valence-electron chi connectivity index (χ0n) is 40.8. The van der Waals surface area contributed by atoms with Crippen molar-refractivity contribution in [2.45, 2.75) is 114 Å². The summed E-state index contributed by atoms with van der Waals surface area (Å²) in [6.07, 6.45) is 10.3. The van der Waals surface area contributed by atoms with Crippen molar-refractivity contribution in [1.82, 2.24) is 30.0 Å². The maximum absolute atomic E-state index is 17.5. The van der Waals surface area contributed by atoms with Gasteiger partial charge in [-0.25, -0.2) is 23.4 Å². The van der Waals surface area contributed by atoms with Crippen LogP contribution in [0.25, 0.3) is 33.3 Å². The predicted molar refractivity (Wildman–Crippen MR) is 267 cm³/mol. The monoisotopic (exact) mass is 1000 g/mol. The molecule has 1 aliphatic carbocycles. The molecule has 16 nitrogen and oxygen atoms in total. The van der Waals surface area contributed by atoms with E-state index in [4.69, 9.17) is 33.9 Å². The number of hydrogen-bond acceptors (Lipinski definition) is 12. The Hall–Kier alpha value is -6.47. The van der Waals surface area contributed by atoms with Crippen molar-refractivity contribution >= 4 is 68.8 Å². The van der Waals surface area contributed by atoms with Gasteiger partial charge in [0.05, 0.1) is 53.0 Å². The van der Waals surface area contributed by atoms with Gasteiger partial charge in [-0.2, -0.15) is 0 Å². The Morgan fingerprint density at radius 1 is 0.806 bits per heavy atom. The van der Waals surface area contributed by atoms with Crippen LogP contribution in [-0.2, 0) is 23.8 Å². The molecule has 0 spiro atoms.